The van der Waals surface area contributed by atoms with Crippen LogP contribution in [0.4, 0.5) is 22.0 Å². The fourth-order valence-electron chi connectivity index (χ4n) is 3.88. The first-order chi connectivity index (χ1) is 15.7. The van der Waals surface area contributed by atoms with E-state index < -0.39 is 36.5 Å². The monoisotopic (exact) mass is 482 g/mol. The van der Waals surface area contributed by atoms with Gasteiger partial charge in [0.2, 0.25) is 0 Å². The van der Waals surface area contributed by atoms with Crippen LogP contribution >= 0.6 is 0 Å². The van der Waals surface area contributed by atoms with E-state index in [1.54, 1.807) is 0 Å². The molecule has 0 bridgehead atoms. The van der Waals surface area contributed by atoms with Crippen molar-refractivity contribution >= 4 is 0 Å². The number of ether oxygens (including phenoxy) is 5. The standard InChI is InChI=1S/C23H31F5O5/c1-2-3-4-5-15-10-29-20(30-11-15)7-6-16-12-31-22(32-13-16)17-8-18(24)21(19(25)9-17)33-14-23(26,27)28/h8-9,15-16,20,22H,2-7,10-14H2,1H3/t15-,16-,20-,22-. The van der Waals surface area contributed by atoms with Crippen LogP contribution in [0.2, 0.25) is 0 Å². The van der Waals surface area contributed by atoms with Gasteiger partial charge in [0.05, 0.1) is 26.4 Å². The van der Waals surface area contributed by atoms with Crippen molar-refractivity contribution in [3.8, 4) is 5.75 Å². The van der Waals surface area contributed by atoms with E-state index in [1.165, 1.54) is 19.3 Å². The smallest absolute Gasteiger partial charge is 0.422 e. The predicted molar refractivity (Wildman–Crippen MR) is 109 cm³/mol. The number of rotatable bonds is 10. The molecule has 2 fully saturated rings. The van der Waals surface area contributed by atoms with Crippen LogP contribution in [0, 0.1) is 23.5 Å². The third-order valence-corrected chi connectivity index (χ3v) is 5.70. The second-order valence-electron chi connectivity index (χ2n) is 8.62. The molecule has 0 aromatic heterocycles. The molecule has 0 spiro atoms. The van der Waals surface area contributed by atoms with Crippen LogP contribution in [0.5, 0.6) is 5.75 Å². The highest BCUT2D eigenvalue weighted by molar-refractivity contribution is 5.32. The van der Waals surface area contributed by atoms with Crippen molar-refractivity contribution in [2.75, 3.05) is 33.0 Å². The van der Waals surface area contributed by atoms with E-state index in [9.17, 15) is 22.0 Å². The minimum absolute atomic E-state index is 0.0378. The molecule has 188 valence electrons. The highest BCUT2D eigenvalue weighted by Crippen LogP contribution is 2.33. The fourth-order valence-corrected chi connectivity index (χ4v) is 3.88. The first kappa shape index (κ1) is 26.1. The van der Waals surface area contributed by atoms with E-state index in [0.717, 1.165) is 25.0 Å². The molecule has 3 rings (SSSR count). The normalized spacial score (nSPS) is 26.4. The minimum atomic E-state index is -4.70. The summed E-state index contributed by atoms with van der Waals surface area (Å²) in [5.41, 5.74) is 0.0378. The van der Waals surface area contributed by atoms with E-state index in [4.69, 9.17) is 18.9 Å². The fraction of sp³-hybridized carbons (Fsp3) is 0.739. The van der Waals surface area contributed by atoms with Gasteiger partial charge in [0.15, 0.2) is 36.6 Å². The summed E-state index contributed by atoms with van der Waals surface area (Å²) in [6.45, 7) is 2.42. The molecule has 0 atom stereocenters. The van der Waals surface area contributed by atoms with Crippen molar-refractivity contribution in [3.63, 3.8) is 0 Å². The molecule has 0 radical (unpaired) electrons. The maximum absolute atomic E-state index is 14.1. The molecule has 0 unspecified atom stereocenters. The molecule has 2 aliphatic rings. The van der Waals surface area contributed by atoms with Gasteiger partial charge in [-0.15, -0.1) is 0 Å². The molecule has 2 heterocycles. The van der Waals surface area contributed by atoms with Gasteiger partial charge in [-0.05, 0) is 31.4 Å². The number of benzene rings is 1. The Labute approximate surface area is 190 Å². The summed E-state index contributed by atoms with van der Waals surface area (Å²) >= 11 is 0. The summed E-state index contributed by atoms with van der Waals surface area (Å²) in [5.74, 6) is -3.06. The third-order valence-electron chi connectivity index (χ3n) is 5.70. The van der Waals surface area contributed by atoms with E-state index in [0.29, 0.717) is 38.8 Å². The zero-order valence-corrected chi connectivity index (χ0v) is 18.7. The van der Waals surface area contributed by atoms with Gasteiger partial charge in [0.25, 0.3) is 0 Å². The maximum atomic E-state index is 14.1. The van der Waals surface area contributed by atoms with Crippen molar-refractivity contribution in [2.45, 2.75) is 64.2 Å². The van der Waals surface area contributed by atoms with Gasteiger partial charge in [-0.2, -0.15) is 13.2 Å². The highest BCUT2D eigenvalue weighted by atomic mass is 19.4. The Morgan fingerprint density at radius 1 is 0.848 bits per heavy atom. The Hall–Kier alpha value is -1.49. The summed E-state index contributed by atoms with van der Waals surface area (Å²) in [5, 5.41) is 0. The number of alkyl halides is 3. The lowest BCUT2D eigenvalue weighted by Crippen LogP contribution is -2.33. The molecular formula is C23H31F5O5. The molecule has 1 aromatic carbocycles. The largest absolute Gasteiger partial charge is 0.478 e. The molecule has 33 heavy (non-hydrogen) atoms. The minimum Gasteiger partial charge on any atom is -0.478 e. The lowest BCUT2D eigenvalue weighted by Gasteiger charge is -2.32. The average molecular weight is 482 g/mol. The third kappa shape index (κ3) is 8.35. The predicted octanol–water partition coefficient (Wildman–Crippen LogP) is 5.92. The van der Waals surface area contributed by atoms with Crippen molar-refractivity contribution in [3.05, 3.63) is 29.3 Å². The maximum Gasteiger partial charge on any atom is 0.422 e. The summed E-state index contributed by atoms with van der Waals surface area (Å²) < 4.78 is 91.9. The van der Waals surface area contributed by atoms with Crippen LogP contribution in [-0.4, -0.2) is 45.5 Å². The average Bonchev–Trinajstić information content (AvgIpc) is 2.78. The second-order valence-corrected chi connectivity index (χ2v) is 8.62. The Morgan fingerprint density at radius 2 is 1.42 bits per heavy atom. The van der Waals surface area contributed by atoms with Gasteiger partial charge in [-0.3, -0.25) is 0 Å². The van der Waals surface area contributed by atoms with Gasteiger partial charge >= 0.3 is 6.18 Å². The van der Waals surface area contributed by atoms with Crippen LogP contribution in [0.3, 0.4) is 0 Å². The Morgan fingerprint density at radius 3 is 2.00 bits per heavy atom. The number of halogens is 5. The lowest BCUT2D eigenvalue weighted by molar-refractivity contribution is -0.220. The highest BCUT2D eigenvalue weighted by Gasteiger charge is 2.31. The molecule has 5 nitrogen and oxygen atoms in total. The first-order valence-electron chi connectivity index (χ1n) is 11.4. The Balaban J connectivity index is 1.39. The van der Waals surface area contributed by atoms with Crippen LogP contribution in [0.15, 0.2) is 12.1 Å². The van der Waals surface area contributed by atoms with Gasteiger partial charge < -0.3 is 23.7 Å². The van der Waals surface area contributed by atoms with Crippen molar-refractivity contribution in [1.82, 2.24) is 0 Å². The summed E-state index contributed by atoms with van der Waals surface area (Å²) in [6.07, 6.45) is 0.184. The van der Waals surface area contributed by atoms with E-state index in [-0.39, 0.29) is 17.8 Å². The number of hydrogen-bond acceptors (Lipinski definition) is 5. The molecule has 1 aromatic rings. The lowest BCUT2D eigenvalue weighted by atomic mass is 10.0. The molecule has 0 amide bonds. The first-order valence-corrected chi connectivity index (χ1v) is 11.4. The molecular weight excluding hydrogens is 451 g/mol. The molecule has 0 aliphatic carbocycles. The van der Waals surface area contributed by atoms with E-state index >= 15 is 0 Å². The molecule has 0 N–H and O–H groups in total. The number of hydrogen-bond donors (Lipinski definition) is 0. The van der Waals surface area contributed by atoms with Gasteiger partial charge in [0, 0.05) is 17.4 Å². The quantitative estimate of drug-likeness (QED) is 0.306. The Bertz CT molecular complexity index is 705. The van der Waals surface area contributed by atoms with Crippen molar-refractivity contribution in [2.24, 2.45) is 11.8 Å². The van der Waals surface area contributed by atoms with Gasteiger partial charge in [-0.25, -0.2) is 8.78 Å². The van der Waals surface area contributed by atoms with Crippen LogP contribution < -0.4 is 4.74 Å². The summed E-state index contributed by atoms with van der Waals surface area (Å²) in [7, 11) is 0. The molecule has 0 saturated carbocycles. The van der Waals surface area contributed by atoms with Gasteiger partial charge in [0.1, 0.15) is 0 Å². The molecule has 2 saturated heterocycles. The number of unbranched alkanes of at least 4 members (excludes halogenated alkanes) is 2. The Kier molecular flexibility index (Phi) is 9.72. The topological polar surface area (TPSA) is 46.2 Å². The van der Waals surface area contributed by atoms with Crippen molar-refractivity contribution in [1.29, 1.82) is 0 Å². The SMILES string of the molecule is CCCCC[C@H]1CO[C@H](CC[C@H]2CO[C@H](c3cc(F)c(OCC(F)(F)F)c(F)c3)OC2)OC1. The summed E-state index contributed by atoms with van der Waals surface area (Å²) in [6, 6.07) is 1.72. The van der Waals surface area contributed by atoms with Crippen LogP contribution in [0.25, 0.3) is 0 Å². The van der Waals surface area contributed by atoms with E-state index in [2.05, 4.69) is 11.7 Å². The van der Waals surface area contributed by atoms with Crippen molar-refractivity contribution < 1.29 is 45.6 Å². The zero-order chi connectivity index (χ0) is 23.8. The zero-order valence-electron chi connectivity index (χ0n) is 18.7. The summed E-state index contributed by atoms with van der Waals surface area (Å²) in [4.78, 5) is 0. The van der Waals surface area contributed by atoms with Crippen LogP contribution in [0.1, 0.15) is 57.3 Å². The second kappa shape index (κ2) is 12.3. The van der Waals surface area contributed by atoms with Gasteiger partial charge in [-0.1, -0.05) is 26.2 Å². The molecule has 2 aliphatic heterocycles. The van der Waals surface area contributed by atoms with Crippen LogP contribution in [-0.2, 0) is 18.9 Å². The molecule has 10 heteroatoms. The van der Waals surface area contributed by atoms with E-state index in [1.807, 2.05) is 0 Å².